The molecule has 0 saturated heterocycles. The monoisotopic (exact) mass is 339 g/mol. The summed E-state index contributed by atoms with van der Waals surface area (Å²) in [6.45, 7) is 6.77. The topological polar surface area (TPSA) is 29.1 Å². The lowest BCUT2D eigenvalue weighted by Gasteiger charge is -2.39. The lowest BCUT2D eigenvalue weighted by Crippen LogP contribution is -2.47. The molecule has 1 amide bonds. The number of hydrogen-bond donors (Lipinski definition) is 1. The van der Waals surface area contributed by atoms with E-state index < -0.39 is 11.7 Å². The highest BCUT2D eigenvalue weighted by Crippen LogP contribution is 2.65. The molecule has 3 atom stereocenters. The normalized spacial score (nSPS) is 31.2. The van der Waals surface area contributed by atoms with Gasteiger partial charge in [0.15, 0.2) is 0 Å². The fraction of sp³-hybridized carbons (Fsp3) is 0.632. The maximum absolute atomic E-state index is 12.8. The summed E-state index contributed by atoms with van der Waals surface area (Å²) in [7, 11) is 0. The molecule has 2 fully saturated rings. The lowest BCUT2D eigenvalue weighted by atomic mass is 9.69. The molecule has 2 saturated carbocycles. The van der Waals surface area contributed by atoms with Gasteiger partial charge < -0.3 is 5.32 Å². The Hall–Kier alpha value is -1.52. The standard InChI is InChI=1S/C19H24F3NO/c1-17(2)13-7-8-18(17,3)15(11-13)23-16(24)10-12-5-4-6-14(9-12)19(20,21)22/h4-6,9,13,15H,7-8,10-11H2,1-3H3,(H,23,24)/t13-,15-,18-/m1/s1. The van der Waals surface area contributed by atoms with E-state index in [4.69, 9.17) is 0 Å². The molecule has 2 aliphatic carbocycles. The summed E-state index contributed by atoms with van der Waals surface area (Å²) in [6.07, 6.45) is -1.13. The first-order valence-electron chi connectivity index (χ1n) is 8.49. The predicted molar refractivity (Wildman–Crippen MR) is 86.3 cm³/mol. The molecule has 2 aliphatic rings. The zero-order chi connectivity index (χ0) is 17.8. The van der Waals surface area contributed by atoms with Crippen molar-refractivity contribution in [3.05, 3.63) is 35.4 Å². The maximum atomic E-state index is 12.8. The number of carbonyl (C=O) groups is 1. The molecule has 1 aromatic carbocycles. The minimum atomic E-state index is -4.38. The van der Waals surface area contributed by atoms with E-state index in [-0.39, 0.29) is 29.2 Å². The van der Waals surface area contributed by atoms with E-state index >= 15 is 0 Å². The Bertz CT molecular complexity index is 652. The van der Waals surface area contributed by atoms with Crippen LogP contribution in [0.4, 0.5) is 13.2 Å². The molecule has 1 aromatic rings. The number of hydrogen-bond acceptors (Lipinski definition) is 1. The molecule has 2 bridgehead atoms. The number of nitrogens with one attached hydrogen (secondary N) is 1. The van der Waals surface area contributed by atoms with Gasteiger partial charge >= 0.3 is 6.18 Å². The zero-order valence-corrected chi connectivity index (χ0v) is 14.3. The number of fused-ring (bicyclic) bond motifs is 2. The third-order valence-electron chi connectivity index (χ3n) is 6.75. The van der Waals surface area contributed by atoms with Gasteiger partial charge in [0.25, 0.3) is 0 Å². The van der Waals surface area contributed by atoms with Crippen LogP contribution in [0, 0.1) is 16.7 Å². The van der Waals surface area contributed by atoms with Crippen LogP contribution < -0.4 is 5.32 Å². The second-order valence-electron chi connectivity index (χ2n) is 8.11. The van der Waals surface area contributed by atoms with Gasteiger partial charge in [-0.05, 0) is 47.6 Å². The highest BCUT2D eigenvalue weighted by molar-refractivity contribution is 5.79. The van der Waals surface area contributed by atoms with Gasteiger partial charge in [-0.15, -0.1) is 0 Å². The molecule has 3 rings (SSSR count). The number of benzene rings is 1. The van der Waals surface area contributed by atoms with E-state index in [1.54, 1.807) is 6.07 Å². The average molecular weight is 339 g/mol. The quantitative estimate of drug-likeness (QED) is 0.858. The Labute approximate surface area is 140 Å². The number of rotatable bonds is 3. The SMILES string of the molecule is CC1(C)[C@@H]2CC[C@]1(C)[C@H](NC(=O)Cc1cccc(C(F)(F)F)c1)C2. The van der Waals surface area contributed by atoms with Crippen molar-refractivity contribution in [1.82, 2.24) is 5.32 Å². The fourth-order valence-electron chi connectivity index (χ4n) is 4.71. The van der Waals surface area contributed by atoms with E-state index in [0.29, 0.717) is 11.5 Å². The molecule has 0 aliphatic heterocycles. The fourth-order valence-corrected chi connectivity index (χ4v) is 4.71. The van der Waals surface area contributed by atoms with Gasteiger partial charge in [-0.2, -0.15) is 13.2 Å². The van der Waals surface area contributed by atoms with Crippen LogP contribution in [-0.2, 0) is 17.4 Å². The summed E-state index contributed by atoms with van der Waals surface area (Å²) in [5.74, 6) is 0.422. The molecule has 132 valence electrons. The lowest BCUT2D eigenvalue weighted by molar-refractivity contribution is -0.137. The van der Waals surface area contributed by atoms with Gasteiger partial charge in [-0.3, -0.25) is 4.79 Å². The van der Waals surface area contributed by atoms with E-state index in [9.17, 15) is 18.0 Å². The Kier molecular flexibility index (Phi) is 3.97. The Morgan fingerprint density at radius 2 is 2.00 bits per heavy atom. The first kappa shape index (κ1) is 17.3. The van der Waals surface area contributed by atoms with Crippen molar-refractivity contribution in [3.63, 3.8) is 0 Å². The van der Waals surface area contributed by atoms with E-state index in [1.807, 2.05) is 0 Å². The largest absolute Gasteiger partial charge is 0.416 e. The van der Waals surface area contributed by atoms with Crippen molar-refractivity contribution >= 4 is 5.91 Å². The average Bonchev–Trinajstić information content (AvgIpc) is 2.80. The van der Waals surface area contributed by atoms with Gasteiger partial charge in [0, 0.05) is 6.04 Å². The van der Waals surface area contributed by atoms with Crippen LogP contribution in [0.15, 0.2) is 24.3 Å². The zero-order valence-electron chi connectivity index (χ0n) is 14.3. The van der Waals surface area contributed by atoms with Gasteiger partial charge in [0.1, 0.15) is 0 Å². The minimum absolute atomic E-state index is 0.0123. The van der Waals surface area contributed by atoms with Gasteiger partial charge in [0.2, 0.25) is 5.91 Å². The highest BCUT2D eigenvalue weighted by Gasteiger charge is 2.61. The number of halogens is 3. The van der Waals surface area contributed by atoms with E-state index in [1.165, 1.54) is 12.5 Å². The summed E-state index contributed by atoms with van der Waals surface area (Å²) in [6, 6.07) is 5.13. The molecule has 0 unspecified atom stereocenters. The molecule has 24 heavy (non-hydrogen) atoms. The Balaban J connectivity index is 1.67. The van der Waals surface area contributed by atoms with Gasteiger partial charge in [-0.25, -0.2) is 0 Å². The van der Waals surface area contributed by atoms with Crippen molar-refractivity contribution < 1.29 is 18.0 Å². The Morgan fingerprint density at radius 3 is 2.54 bits per heavy atom. The van der Waals surface area contributed by atoms with E-state index in [2.05, 4.69) is 26.1 Å². The third kappa shape index (κ3) is 2.72. The smallest absolute Gasteiger partial charge is 0.353 e. The van der Waals surface area contributed by atoms with Crippen LogP contribution in [-0.4, -0.2) is 11.9 Å². The molecule has 0 aromatic heterocycles. The Morgan fingerprint density at radius 1 is 1.29 bits per heavy atom. The molecular formula is C19H24F3NO. The van der Waals surface area contributed by atoms with Gasteiger partial charge in [-0.1, -0.05) is 39.0 Å². The highest BCUT2D eigenvalue weighted by atomic mass is 19.4. The van der Waals surface area contributed by atoms with Crippen molar-refractivity contribution in [3.8, 4) is 0 Å². The molecule has 1 N–H and O–H groups in total. The van der Waals surface area contributed by atoms with Crippen LogP contribution in [0.2, 0.25) is 0 Å². The van der Waals surface area contributed by atoms with Crippen molar-refractivity contribution in [2.24, 2.45) is 16.7 Å². The number of alkyl halides is 3. The van der Waals surface area contributed by atoms with Crippen molar-refractivity contribution in [2.75, 3.05) is 0 Å². The molecule has 0 radical (unpaired) electrons. The van der Waals surface area contributed by atoms with E-state index in [0.717, 1.165) is 25.0 Å². The second-order valence-corrected chi connectivity index (χ2v) is 8.11. The number of carbonyl (C=O) groups excluding carboxylic acids is 1. The van der Waals surface area contributed by atoms with Crippen LogP contribution in [0.3, 0.4) is 0 Å². The summed E-state index contributed by atoms with van der Waals surface area (Å²) >= 11 is 0. The predicted octanol–water partition coefficient (Wildman–Crippen LogP) is 4.58. The molecular weight excluding hydrogens is 315 g/mol. The summed E-state index contributed by atoms with van der Waals surface area (Å²) in [4.78, 5) is 12.4. The van der Waals surface area contributed by atoms with Crippen LogP contribution in [0.25, 0.3) is 0 Å². The first-order valence-corrected chi connectivity index (χ1v) is 8.49. The van der Waals surface area contributed by atoms with Gasteiger partial charge in [0.05, 0.1) is 12.0 Å². The van der Waals surface area contributed by atoms with Crippen LogP contribution >= 0.6 is 0 Å². The first-order chi connectivity index (χ1) is 11.0. The summed E-state index contributed by atoms with van der Waals surface area (Å²) in [5, 5.41) is 3.09. The molecule has 0 spiro atoms. The summed E-state index contributed by atoms with van der Waals surface area (Å²) < 4.78 is 38.3. The van der Waals surface area contributed by atoms with Crippen LogP contribution in [0.5, 0.6) is 0 Å². The van der Waals surface area contributed by atoms with Crippen molar-refractivity contribution in [1.29, 1.82) is 0 Å². The molecule has 2 nitrogen and oxygen atoms in total. The second kappa shape index (κ2) is 5.50. The van der Waals surface area contributed by atoms with Crippen molar-refractivity contribution in [2.45, 2.75) is 58.7 Å². The maximum Gasteiger partial charge on any atom is 0.416 e. The number of amides is 1. The molecule has 5 heteroatoms. The summed E-state index contributed by atoms with van der Waals surface area (Å²) in [5.41, 5.74) is -0.0434. The third-order valence-corrected chi connectivity index (χ3v) is 6.75. The van der Waals surface area contributed by atoms with Crippen LogP contribution in [0.1, 0.15) is 51.2 Å². The minimum Gasteiger partial charge on any atom is -0.353 e. The molecule has 0 heterocycles.